The molecule has 2 N–H and O–H groups in total. The van der Waals surface area contributed by atoms with Crippen LogP contribution < -0.4 is 10.6 Å². The van der Waals surface area contributed by atoms with Crippen molar-refractivity contribution in [2.75, 3.05) is 84.5 Å². The maximum atomic E-state index is 13.1. The predicted octanol–water partition coefficient (Wildman–Crippen LogP) is 0.879. The molecular formula is C33H38N4O11. The minimum atomic E-state index is -1.02. The molecule has 0 aliphatic carbocycles. The molecule has 15 heteroatoms. The van der Waals surface area contributed by atoms with Gasteiger partial charge in [-0.25, -0.2) is 0 Å². The van der Waals surface area contributed by atoms with E-state index in [4.69, 9.17) is 23.7 Å². The van der Waals surface area contributed by atoms with Gasteiger partial charge in [-0.1, -0.05) is 18.2 Å². The molecule has 1 saturated heterocycles. The molecule has 1 atom stereocenters. The Bertz CT molecular complexity index is 1500. The molecule has 3 aliphatic heterocycles. The summed E-state index contributed by atoms with van der Waals surface area (Å²) in [6, 6.07) is 10.6. The number of hydrogen-bond acceptors (Lipinski definition) is 12. The molecular weight excluding hydrogens is 628 g/mol. The lowest BCUT2D eigenvalue weighted by Crippen LogP contribution is -2.54. The second kappa shape index (κ2) is 17.0. The molecule has 48 heavy (non-hydrogen) atoms. The van der Waals surface area contributed by atoms with E-state index < -0.39 is 29.7 Å². The number of rotatable bonds is 20. The van der Waals surface area contributed by atoms with Crippen molar-refractivity contribution in [3.8, 4) is 0 Å². The molecule has 0 bridgehead atoms. The molecule has 0 spiro atoms. The Morgan fingerprint density at radius 1 is 0.625 bits per heavy atom. The molecule has 2 aromatic carbocycles. The maximum Gasteiger partial charge on any atom is 0.264 e. The van der Waals surface area contributed by atoms with Crippen LogP contribution in [0, 0.1) is 0 Å². The SMILES string of the molecule is O=C1CCC(N2C(=O)c3cccc(NCCOCCOCCOCCOCCOCCN4C(=O)c5ccccc5C4=O)c3C2=O)C(=O)N1. The van der Waals surface area contributed by atoms with Crippen LogP contribution in [0.1, 0.15) is 54.3 Å². The number of piperidine rings is 1. The van der Waals surface area contributed by atoms with Crippen LogP contribution in [-0.4, -0.2) is 130 Å². The molecule has 0 aromatic heterocycles. The topological polar surface area (TPSA) is 179 Å². The Balaban J connectivity index is 0.838. The summed E-state index contributed by atoms with van der Waals surface area (Å²) in [4.78, 5) is 76.6. The molecule has 0 radical (unpaired) electrons. The number of imide groups is 3. The highest BCUT2D eigenvalue weighted by atomic mass is 16.6. The van der Waals surface area contributed by atoms with Crippen LogP contribution in [0.25, 0.3) is 0 Å². The number of carbonyl (C=O) groups is 6. The minimum Gasteiger partial charge on any atom is -0.382 e. The summed E-state index contributed by atoms with van der Waals surface area (Å²) >= 11 is 0. The van der Waals surface area contributed by atoms with Crippen LogP contribution >= 0.6 is 0 Å². The fourth-order valence-electron chi connectivity index (χ4n) is 5.50. The van der Waals surface area contributed by atoms with E-state index in [1.807, 2.05) is 0 Å². The molecule has 15 nitrogen and oxygen atoms in total. The van der Waals surface area contributed by atoms with Gasteiger partial charge in [0.1, 0.15) is 6.04 Å². The van der Waals surface area contributed by atoms with Crippen LogP contribution in [0.15, 0.2) is 42.5 Å². The molecule has 3 aliphatic rings. The number of nitrogens with zero attached hydrogens (tertiary/aromatic N) is 2. The van der Waals surface area contributed by atoms with Gasteiger partial charge in [0.25, 0.3) is 23.6 Å². The summed E-state index contributed by atoms with van der Waals surface area (Å²) in [6.45, 7) is 4.08. The van der Waals surface area contributed by atoms with Crippen LogP contribution in [0.4, 0.5) is 5.69 Å². The number of amides is 6. The van der Waals surface area contributed by atoms with Crippen molar-refractivity contribution in [2.24, 2.45) is 0 Å². The van der Waals surface area contributed by atoms with Gasteiger partial charge >= 0.3 is 0 Å². The number of ether oxygens (including phenoxy) is 5. The molecule has 0 saturated carbocycles. The first-order valence-corrected chi connectivity index (χ1v) is 15.8. The van der Waals surface area contributed by atoms with Crippen molar-refractivity contribution >= 4 is 41.1 Å². The fourth-order valence-corrected chi connectivity index (χ4v) is 5.50. The second-order valence-electron chi connectivity index (χ2n) is 11.0. The largest absolute Gasteiger partial charge is 0.382 e. The Hall–Kier alpha value is -4.54. The number of carbonyl (C=O) groups excluding carboxylic acids is 6. The van der Waals surface area contributed by atoms with Crippen molar-refractivity contribution in [3.05, 3.63) is 64.7 Å². The van der Waals surface area contributed by atoms with E-state index in [1.54, 1.807) is 42.5 Å². The normalized spacial score (nSPS) is 17.3. The summed E-state index contributed by atoms with van der Waals surface area (Å²) in [5.74, 6) is -2.80. The number of nitrogens with one attached hydrogen (secondary N) is 2. The van der Waals surface area contributed by atoms with Crippen LogP contribution in [0.3, 0.4) is 0 Å². The van der Waals surface area contributed by atoms with Crippen LogP contribution in [0.5, 0.6) is 0 Å². The Labute approximate surface area is 276 Å². The van der Waals surface area contributed by atoms with Crippen molar-refractivity contribution in [2.45, 2.75) is 18.9 Å². The van der Waals surface area contributed by atoms with E-state index in [2.05, 4.69) is 10.6 Å². The van der Waals surface area contributed by atoms with Crippen molar-refractivity contribution in [1.29, 1.82) is 0 Å². The summed E-state index contributed by atoms with van der Waals surface area (Å²) < 4.78 is 27.5. The van der Waals surface area contributed by atoms with E-state index >= 15 is 0 Å². The molecule has 3 heterocycles. The number of hydrogen-bond donors (Lipinski definition) is 2. The minimum absolute atomic E-state index is 0.0596. The van der Waals surface area contributed by atoms with Crippen molar-refractivity contribution < 1.29 is 52.5 Å². The Morgan fingerprint density at radius 2 is 1.17 bits per heavy atom. The highest BCUT2D eigenvalue weighted by Crippen LogP contribution is 2.32. The zero-order chi connectivity index (χ0) is 33.9. The third-order valence-corrected chi connectivity index (χ3v) is 7.86. The summed E-state index contributed by atoms with van der Waals surface area (Å²) in [5, 5.41) is 5.31. The number of benzene rings is 2. The second-order valence-corrected chi connectivity index (χ2v) is 11.0. The maximum absolute atomic E-state index is 13.1. The summed E-state index contributed by atoms with van der Waals surface area (Å²) in [7, 11) is 0. The third kappa shape index (κ3) is 8.29. The highest BCUT2D eigenvalue weighted by molar-refractivity contribution is 6.25. The van der Waals surface area contributed by atoms with Gasteiger partial charge in [0.05, 0.1) is 94.9 Å². The standard InChI is InChI=1S/C33H38N4O11/c38-27-9-8-26(29(39)35-27)37-32(42)24-6-3-7-25(28(24)33(37)43)34-10-12-44-14-16-46-18-20-48-21-19-47-17-15-45-13-11-36-30(40)22-4-1-2-5-23(22)31(36)41/h1-7,26,34H,8-21H2,(H,35,38,39). The van der Waals surface area contributed by atoms with Gasteiger partial charge < -0.3 is 29.0 Å². The van der Waals surface area contributed by atoms with Gasteiger partial charge in [-0.3, -0.25) is 43.9 Å². The first-order valence-electron chi connectivity index (χ1n) is 15.8. The lowest BCUT2D eigenvalue weighted by atomic mass is 10.0. The molecule has 1 fully saturated rings. The molecule has 1 unspecified atom stereocenters. The lowest BCUT2D eigenvalue weighted by molar-refractivity contribution is -0.136. The van der Waals surface area contributed by atoms with E-state index in [-0.39, 0.29) is 48.9 Å². The lowest BCUT2D eigenvalue weighted by Gasteiger charge is -2.27. The van der Waals surface area contributed by atoms with Gasteiger partial charge in [-0.2, -0.15) is 0 Å². The highest BCUT2D eigenvalue weighted by Gasteiger charge is 2.45. The molecule has 5 rings (SSSR count). The van der Waals surface area contributed by atoms with Gasteiger partial charge in [0.15, 0.2) is 0 Å². The smallest absolute Gasteiger partial charge is 0.264 e. The first kappa shape index (κ1) is 34.8. The average Bonchev–Trinajstić information content (AvgIpc) is 3.48. The Kier molecular flexibility index (Phi) is 12.3. The third-order valence-electron chi connectivity index (χ3n) is 7.86. The summed E-state index contributed by atoms with van der Waals surface area (Å²) in [6.07, 6.45) is 0.157. The monoisotopic (exact) mass is 666 g/mol. The van der Waals surface area contributed by atoms with E-state index in [0.717, 1.165) is 4.90 Å². The van der Waals surface area contributed by atoms with Gasteiger partial charge in [0.2, 0.25) is 11.8 Å². The fraction of sp³-hybridized carbons (Fsp3) is 0.455. The van der Waals surface area contributed by atoms with Gasteiger partial charge in [-0.05, 0) is 30.7 Å². The quantitative estimate of drug-likeness (QED) is 0.151. The van der Waals surface area contributed by atoms with Gasteiger partial charge in [0, 0.05) is 18.7 Å². The van der Waals surface area contributed by atoms with Crippen molar-refractivity contribution in [1.82, 2.24) is 15.1 Å². The zero-order valence-corrected chi connectivity index (χ0v) is 26.4. The van der Waals surface area contributed by atoms with Crippen molar-refractivity contribution in [3.63, 3.8) is 0 Å². The molecule has 256 valence electrons. The average molecular weight is 667 g/mol. The summed E-state index contributed by atoms with van der Waals surface area (Å²) in [5.41, 5.74) is 1.72. The van der Waals surface area contributed by atoms with Gasteiger partial charge in [-0.15, -0.1) is 0 Å². The predicted molar refractivity (Wildman–Crippen MR) is 168 cm³/mol. The molecule has 6 amide bonds. The van der Waals surface area contributed by atoms with E-state index in [9.17, 15) is 28.8 Å². The first-order chi connectivity index (χ1) is 23.4. The zero-order valence-electron chi connectivity index (χ0n) is 26.4. The Morgan fingerprint density at radius 3 is 1.75 bits per heavy atom. The van der Waals surface area contributed by atoms with Crippen LogP contribution in [0.2, 0.25) is 0 Å². The van der Waals surface area contributed by atoms with Crippen LogP contribution in [-0.2, 0) is 33.3 Å². The van der Waals surface area contributed by atoms with E-state index in [1.165, 1.54) is 4.90 Å². The number of anilines is 1. The van der Waals surface area contributed by atoms with E-state index in [0.29, 0.717) is 82.8 Å². The number of fused-ring (bicyclic) bond motifs is 2. The molecule has 2 aromatic rings.